The minimum absolute atomic E-state index is 0.105. The fraction of sp³-hybridized carbons (Fsp3) is 0.944. The monoisotopic (exact) mass is 1340 g/mol. The summed E-state index contributed by atoms with van der Waals surface area (Å²) in [5, 5.41) is 10.6. The number of phosphoric ester groups is 2. The van der Waals surface area contributed by atoms with Gasteiger partial charge in [0.05, 0.1) is 26.4 Å². The van der Waals surface area contributed by atoms with Crippen molar-refractivity contribution in [1.82, 2.24) is 0 Å². The molecule has 0 heterocycles. The molecule has 0 rings (SSSR count). The molecule has 0 radical (unpaired) electrons. The van der Waals surface area contributed by atoms with Gasteiger partial charge in [-0.05, 0) is 37.5 Å². The fourth-order valence-corrected chi connectivity index (χ4v) is 12.5. The minimum atomic E-state index is -4.95. The molecule has 0 bridgehead atoms. The zero-order chi connectivity index (χ0) is 67.2. The van der Waals surface area contributed by atoms with Crippen molar-refractivity contribution < 1.29 is 80.2 Å². The second-order valence-corrected chi connectivity index (χ2v) is 29.8. The Hall–Kier alpha value is -1.94. The number of aliphatic hydroxyl groups excluding tert-OH is 1. The molecular formula is C72H140O17P2. The van der Waals surface area contributed by atoms with E-state index in [1.165, 1.54) is 186 Å². The highest BCUT2D eigenvalue weighted by molar-refractivity contribution is 7.47. The Morgan fingerprint density at radius 3 is 0.747 bits per heavy atom. The molecule has 17 nitrogen and oxygen atoms in total. The highest BCUT2D eigenvalue weighted by Gasteiger charge is 2.30. The van der Waals surface area contributed by atoms with Gasteiger partial charge in [-0.3, -0.25) is 37.3 Å². The first-order valence-corrected chi connectivity index (χ1v) is 40.5. The summed E-state index contributed by atoms with van der Waals surface area (Å²) in [6, 6.07) is 0. The molecule has 91 heavy (non-hydrogen) atoms. The van der Waals surface area contributed by atoms with Gasteiger partial charge in [-0.25, -0.2) is 9.13 Å². The molecule has 0 aliphatic carbocycles. The van der Waals surface area contributed by atoms with Crippen LogP contribution in [0.3, 0.4) is 0 Å². The van der Waals surface area contributed by atoms with Gasteiger partial charge in [0.2, 0.25) is 0 Å². The van der Waals surface area contributed by atoms with Crippen LogP contribution >= 0.6 is 15.6 Å². The molecule has 0 spiro atoms. The van der Waals surface area contributed by atoms with Crippen LogP contribution in [0.1, 0.15) is 369 Å². The highest BCUT2D eigenvalue weighted by Crippen LogP contribution is 2.45. The number of phosphoric acid groups is 2. The van der Waals surface area contributed by atoms with Gasteiger partial charge in [0, 0.05) is 25.7 Å². The number of hydrogen-bond acceptors (Lipinski definition) is 15. The van der Waals surface area contributed by atoms with Crippen LogP contribution in [0.4, 0.5) is 0 Å². The largest absolute Gasteiger partial charge is 0.472 e. The van der Waals surface area contributed by atoms with Crippen molar-refractivity contribution in [2.45, 2.75) is 387 Å². The van der Waals surface area contributed by atoms with Gasteiger partial charge >= 0.3 is 39.5 Å². The second-order valence-electron chi connectivity index (χ2n) is 26.9. The third-order valence-electron chi connectivity index (χ3n) is 16.7. The van der Waals surface area contributed by atoms with E-state index in [0.717, 1.165) is 102 Å². The van der Waals surface area contributed by atoms with E-state index in [4.69, 9.17) is 37.0 Å². The minimum Gasteiger partial charge on any atom is -0.462 e. The number of ether oxygens (including phenoxy) is 4. The molecule has 2 unspecified atom stereocenters. The SMILES string of the molecule is CCCCCCCCCCCCCCCCC(=O)OC[C@H](COP(=O)(O)OC[C@@H](O)COP(=O)(O)OC[C@@H](COC(=O)CCCCCCCCCCC)OC(=O)CCCCCCCCCCC(C)C)OC(=O)CCCCCCCCCCCCCCCCC(C)C. The van der Waals surface area contributed by atoms with Crippen molar-refractivity contribution in [1.29, 1.82) is 0 Å². The van der Waals surface area contributed by atoms with Crippen molar-refractivity contribution in [3.63, 3.8) is 0 Å². The van der Waals surface area contributed by atoms with Crippen molar-refractivity contribution in [2.75, 3.05) is 39.6 Å². The Kier molecular flexibility index (Phi) is 62.7. The van der Waals surface area contributed by atoms with E-state index < -0.39 is 97.5 Å². The van der Waals surface area contributed by atoms with Crippen LogP contribution in [0.25, 0.3) is 0 Å². The number of hydrogen-bond donors (Lipinski definition) is 3. The van der Waals surface area contributed by atoms with E-state index in [2.05, 4.69) is 41.5 Å². The van der Waals surface area contributed by atoms with E-state index in [-0.39, 0.29) is 25.7 Å². The van der Waals surface area contributed by atoms with Gasteiger partial charge in [-0.1, -0.05) is 318 Å². The molecule has 0 aromatic heterocycles. The van der Waals surface area contributed by atoms with Crippen LogP contribution in [-0.4, -0.2) is 96.7 Å². The molecule has 3 N–H and O–H groups in total. The van der Waals surface area contributed by atoms with E-state index in [1.807, 2.05) is 0 Å². The van der Waals surface area contributed by atoms with Gasteiger partial charge in [-0.2, -0.15) is 0 Å². The molecule has 540 valence electrons. The first-order valence-electron chi connectivity index (χ1n) is 37.5. The van der Waals surface area contributed by atoms with Crippen molar-refractivity contribution >= 4 is 39.5 Å². The number of esters is 4. The van der Waals surface area contributed by atoms with Crippen LogP contribution in [0.15, 0.2) is 0 Å². The lowest BCUT2D eigenvalue weighted by atomic mass is 10.0. The molecule has 5 atom stereocenters. The summed E-state index contributed by atoms with van der Waals surface area (Å²) < 4.78 is 68.3. The van der Waals surface area contributed by atoms with Gasteiger partial charge in [0.25, 0.3) is 0 Å². The summed E-state index contributed by atoms with van der Waals surface area (Å²) in [6.45, 7) is 9.53. The van der Waals surface area contributed by atoms with Crippen LogP contribution in [-0.2, 0) is 65.4 Å². The first kappa shape index (κ1) is 89.1. The van der Waals surface area contributed by atoms with Crippen LogP contribution < -0.4 is 0 Å². The van der Waals surface area contributed by atoms with Gasteiger partial charge in [-0.15, -0.1) is 0 Å². The molecule has 0 aliphatic rings. The summed E-state index contributed by atoms with van der Waals surface area (Å²) >= 11 is 0. The lowest BCUT2D eigenvalue weighted by Crippen LogP contribution is -2.30. The Balaban J connectivity index is 5.23. The van der Waals surface area contributed by atoms with Gasteiger partial charge < -0.3 is 33.8 Å². The normalized spacial score (nSPS) is 14.1. The zero-order valence-corrected chi connectivity index (χ0v) is 60.9. The zero-order valence-electron chi connectivity index (χ0n) is 59.1. The number of unbranched alkanes of at least 4 members (excludes halogenated alkanes) is 41. The Labute approximate surface area is 556 Å². The maximum atomic E-state index is 13.0. The van der Waals surface area contributed by atoms with E-state index in [0.29, 0.717) is 25.7 Å². The van der Waals surface area contributed by atoms with Crippen LogP contribution in [0, 0.1) is 11.8 Å². The van der Waals surface area contributed by atoms with Gasteiger partial charge in [0.15, 0.2) is 12.2 Å². The summed E-state index contributed by atoms with van der Waals surface area (Å²) in [5.41, 5.74) is 0. The summed E-state index contributed by atoms with van der Waals surface area (Å²) in [4.78, 5) is 72.6. The topological polar surface area (TPSA) is 237 Å². The molecule has 0 fully saturated rings. The smallest absolute Gasteiger partial charge is 0.462 e. The molecule has 0 aromatic rings. The third-order valence-corrected chi connectivity index (χ3v) is 18.6. The molecule has 0 saturated carbocycles. The molecule has 0 aromatic carbocycles. The van der Waals surface area contributed by atoms with Crippen molar-refractivity contribution in [3.05, 3.63) is 0 Å². The molecular weight excluding hydrogens is 1200 g/mol. The maximum Gasteiger partial charge on any atom is 0.472 e. The van der Waals surface area contributed by atoms with Gasteiger partial charge in [0.1, 0.15) is 19.3 Å². The Morgan fingerprint density at radius 2 is 0.505 bits per heavy atom. The van der Waals surface area contributed by atoms with E-state index in [9.17, 15) is 43.2 Å². The lowest BCUT2D eigenvalue weighted by molar-refractivity contribution is -0.161. The highest BCUT2D eigenvalue weighted by atomic mass is 31.2. The molecule has 0 aliphatic heterocycles. The molecule has 19 heteroatoms. The van der Waals surface area contributed by atoms with E-state index in [1.54, 1.807) is 0 Å². The Bertz CT molecular complexity index is 1770. The average molecular weight is 1340 g/mol. The van der Waals surface area contributed by atoms with Crippen LogP contribution in [0.2, 0.25) is 0 Å². The summed E-state index contributed by atoms with van der Waals surface area (Å²) in [5.74, 6) is -0.609. The Morgan fingerprint density at radius 1 is 0.297 bits per heavy atom. The predicted molar refractivity (Wildman–Crippen MR) is 368 cm³/mol. The number of carbonyl (C=O) groups excluding carboxylic acids is 4. The number of rotatable bonds is 71. The quantitative estimate of drug-likeness (QED) is 0.0222. The third kappa shape index (κ3) is 66.5. The molecule has 0 saturated heterocycles. The number of aliphatic hydroxyl groups is 1. The van der Waals surface area contributed by atoms with Crippen LogP contribution in [0.5, 0.6) is 0 Å². The lowest BCUT2D eigenvalue weighted by Gasteiger charge is -2.21. The predicted octanol–water partition coefficient (Wildman–Crippen LogP) is 20.8. The average Bonchev–Trinajstić information content (AvgIpc) is 3.69. The number of carbonyl (C=O) groups is 4. The maximum absolute atomic E-state index is 13.0. The molecule has 0 amide bonds. The standard InChI is InChI=1S/C72H140O17P2/c1-7-9-11-13-15-17-18-19-23-26-30-37-43-49-55-70(75)83-61-67(88-71(76)56-50-44-38-31-27-24-21-20-22-25-29-34-40-46-52-64(3)4)62-86-90(78,79)84-58-66(73)59-85-91(80,81)87-63-68(60-82-69(74)54-48-42-36-28-16-14-12-10-8-2)89-72(77)57-51-45-39-33-32-35-41-47-53-65(5)6/h64-68,73H,7-63H2,1-6H3,(H,78,79)(H,80,81)/t66-,67-,68-/m1/s1. The first-order chi connectivity index (χ1) is 43.9. The summed E-state index contributed by atoms with van der Waals surface area (Å²) in [6.07, 6.45) is 49.9. The van der Waals surface area contributed by atoms with Crippen molar-refractivity contribution in [3.8, 4) is 0 Å². The fourth-order valence-electron chi connectivity index (χ4n) is 10.9. The van der Waals surface area contributed by atoms with E-state index >= 15 is 0 Å². The summed E-state index contributed by atoms with van der Waals surface area (Å²) in [7, 11) is -9.90. The second kappa shape index (κ2) is 64.1. The van der Waals surface area contributed by atoms with Crippen molar-refractivity contribution in [2.24, 2.45) is 11.8 Å².